The van der Waals surface area contributed by atoms with Crippen LogP contribution in [-0.2, 0) is 0 Å². The van der Waals surface area contributed by atoms with Crippen molar-refractivity contribution in [2.24, 2.45) is 0 Å². The fourth-order valence-corrected chi connectivity index (χ4v) is 2.04. The summed E-state index contributed by atoms with van der Waals surface area (Å²) in [6.07, 6.45) is 3.27. The number of rotatable bonds is 5. The van der Waals surface area contributed by atoms with E-state index in [4.69, 9.17) is 4.74 Å². The van der Waals surface area contributed by atoms with Crippen LogP contribution in [0.2, 0.25) is 0 Å². The van der Waals surface area contributed by atoms with Crippen molar-refractivity contribution in [3.8, 4) is 5.75 Å². The van der Waals surface area contributed by atoms with Crippen molar-refractivity contribution in [1.82, 2.24) is 4.98 Å². The van der Waals surface area contributed by atoms with E-state index in [0.717, 1.165) is 10.8 Å². The molecule has 1 aromatic heterocycles. The lowest BCUT2D eigenvalue weighted by molar-refractivity contribution is 0.104. The van der Waals surface area contributed by atoms with Crippen LogP contribution in [-0.4, -0.2) is 17.9 Å². The van der Waals surface area contributed by atoms with Gasteiger partial charge in [0, 0.05) is 11.8 Å². The molecule has 96 valence electrons. The molecule has 2 aromatic rings. The number of ether oxygens (including phenoxy) is 1. The molecule has 0 saturated carbocycles. The van der Waals surface area contributed by atoms with Crippen molar-refractivity contribution in [3.05, 3.63) is 65.7 Å². The van der Waals surface area contributed by atoms with Crippen LogP contribution in [0.1, 0.15) is 10.4 Å². The summed E-state index contributed by atoms with van der Waals surface area (Å²) in [5.74, 6) is 0.703. The third-order valence-corrected chi connectivity index (χ3v) is 3.18. The highest BCUT2D eigenvalue weighted by atomic mass is 32.2. The van der Waals surface area contributed by atoms with Crippen LogP contribution in [0.3, 0.4) is 0 Å². The summed E-state index contributed by atoms with van der Waals surface area (Å²) in [6, 6.07) is 12.7. The number of ketones is 1. The number of allylic oxidation sites excluding steroid dienone is 1. The molecule has 4 heteroatoms. The number of benzene rings is 1. The molecule has 0 aliphatic heterocycles. The van der Waals surface area contributed by atoms with Crippen LogP contribution < -0.4 is 4.74 Å². The fraction of sp³-hybridized carbons (Fsp3) is 0.0667. The Labute approximate surface area is 116 Å². The maximum absolute atomic E-state index is 11.9. The Bertz CT molecular complexity index is 564. The van der Waals surface area contributed by atoms with Crippen LogP contribution in [0.4, 0.5) is 0 Å². The van der Waals surface area contributed by atoms with Gasteiger partial charge in [0.25, 0.3) is 0 Å². The average molecular weight is 271 g/mol. The average Bonchev–Trinajstić information content (AvgIpc) is 2.48. The van der Waals surface area contributed by atoms with Gasteiger partial charge in [0.2, 0.25) is 0 Å². The lowest BCUT2D eigenvalue weighted by atomic mass is 10.1. The molecule has 0 amide bonds. The normalized spacial score (nSPS) is 10.6. The van der Waals surface area contributed by atoms with Crippen LogP contribution in [0.25, 0.3) is 0 Å². The van der Waals surface area contributed by atoms with Gasteiger partial charge in [0.1, 0.15) is 10.8 Å². The maximum Gasteiger partial charge on any atom is 0.186 e. The zero-order chi connectivity index (χ0) is 13.5. The molecule has 0 N–H and O–H groups in total. The molecule has 0 fully saturated rings. The molecule has 0 aliphatic rings. The van der Waals surface area contributed by atoms with Crippen LogP contribution in [0, 0.1) is 0 Å². The molecule has 0 aliphatic carbocycles. The monoisotopic (exact) mass is 271 g/mol. The van der Waals surface area contributed by atoms with Gasteiger partial charge < -0.3 is 4.74 Å². The van der Waals surface area contributed by atoms with Crippen molar-refractivity contribution in [1.29, 1.82) is 0 Å². The Balaban J connectivity index is 1.96. The third kappa shape index (κ3) is 3.96. The Morgan fingerprint density at radius 1 is 1.21 bits per heavy atom. The summed E-state index contributed by atoms with van der Waals surface area (Å²) in [4.78, 5) is 16.0. The number of hydrogen-bond acceptors (Lipinski definition) is 4. The Morgan fingerprint density at radius 2 is 2.00 bits per heavy atom. The highest BCUT2D eigenvalue weighted by molar-refractivity contribution is 8.02. The molecular formula is C15H13NO2S. The van der Waals surface area contributed by atoms with E-state index in [1.165, 1.54) is 11.8 Å². The predicted molar refractivity (Wildman–Crippen MR) is 76.6 cm³/mol. The number of thioether (sulfide) groups is 1. The first-order chi connectivity index (χ1) is 9.29. The van der Waals surface area contributed by atoms with Gasteiger partial charge in [-0.1, -0.05) is 17.8 Å². The zero-order valence-corrected chi connectivity index (χ0v) is 11.3. The van der Waals surface area contributed by atoms with E-state index in [1.54, 1.807) is 49.1 Å². The second-order valence-electron chi connectivity index (χ2n) is 3.68. The van der Waals surface area contributed by atoms with Gasteiger partial charge in [-0.25, -0.2) is 4.98 Å². The molecule has 0 atom stereocenters. The highest BCUT2D eigenvalue weighted by Crippen LogP contribution is 2.16. The van der Waals surface area contributed by atoms with E-state index >= 15 is 0 Å². The Hall–Kier alpha value is -2.07. The second kappa shape index (κ2) is 6.75. The van der Waals surface area contributed by atoms with E-state index in [2.05, 4.69) is 4.98 Å². The minimum absolute atomic E-state index is 0.0360. The first-order valence-corrected chi connectivity index (χ1v) is 6.60. The van der Waals surface area contributed by atoms with Crippen molar-refractivity contribution in [2.75, 3.05) is 7.11 Å². The molecule has 0 radical (unpaired) electrons. The van der Waals surface area contributed by atoms with Gasteiger partial charge in [-0.2, -0.15) is 0 Å². The molecule has 1 aromatic carbocycles. The van der Waals surface area contributed by atoms with Gasteiger partial charge in [-0.15, -0.1) is 0 Å². The fourth-order valence-electron chi connectivity index (χ4n) is 1.43. The first-order valence-electron chi connectivity index (χ1n) is 5.72. The lowest BCUT2D eigenvalue weighted by Gasteiger charge is -2.00. The highest BCUT2D eigenvalue weighted by Gasteiger charge is 2.01. The van der Waals surface area contributed by atoms with Crippen molar-refractivity contribution < 1.29 is 9.53 Å². The third-order valence-electron chi connectivity index (χ3n) is 2.42. The molecule has 19 heavy (non-hydrogen) atoms. The van der Waals surface area contributed by atoms with E-state index in [-0.39, 0.29) is 5.78 Å². The standard InChI is InChI=1S/C15H13NO2S/c1-18-13-7-5-12(6-8-13)14(17)9-11-19-15-4-2-3-10-16-15/h2-11H,1H3/b11-9-. The quantitative estimate of drug-likeness (QED) is 0.473. The topological polar surface area (TPSA) is 39.2 Å². The number of methoxy groups -OCH3 is 1. The summed E-state index contributed by atoms with van der Waals surface area (Å²) >= 11 is 1.41. The largest absolute Gasteiger partial charge is 0.497 e. The molecule has 0 unspecified atom stereocenters. The summed E-state index contributed by atoms with van der Waals surface area (Å²) in [5.41, 5.74) is 0.638. The summed E-state index contributed by atoms with van der Waals surface area (Å²) < 4.78 is 5.05. The first kappa shape index (κ1) is 13.4. The lowest BCUT2D eigenvalue weighted by Crippen LogP contribution is -1.93. The van der Waals surface area contributed by atoms with Crippen LogP contribution >= 0.6 is 11.8 Å². The minimum Gasteiger partial charge on any atom is -0.497 e. The van der Waals surface area contributed by atoms with Crippen LogP contribution in [0.15, 0.2) is 65.2 Å². The van der Waals surface area contributed by atoms with Gasteiger partial charge >= 0.3 is 0 Å². The smallest absolute Gasteiger partial charge is 0.186 e. The molecular weight excluding hydrogens is 258 g/mol. The number of carbonyl (C=O) groups excluding carboxylic acids is 1. The Kier molecular flexibility index (Phi) is 4.75. The van der Waals surface area contributed by atoms with E-state index in [0.29, 0.717) is 5.56 Å². The van der Waals surface area contributed by atoms with Crippen molar-refractivity contribution >= 4 is 17.5 Å². The molecule has 0 spiro atoms. The van der Waals surface area contributed by atoms with Crippen molar-refractivity contribution in [2.45, 2.75) is 5.03 Å². The van der Waals surface area contributed by atoms with E-state index in [1.807, 2.05) is 18.2 Å². The van der Waals surface area contributed by atoms with Gasteiger partial charge in [0.05, 0.1) is 7.11 Å². The molecule has 2 rings (SSSR count). The Morgan fingerprint density at radius 3 is 2.63 bits per heavy atom. The number of hydrogen-bond donors (Lipinski definition) is 0. The SMILES string of the molecule is COc1ccc(C(=O)/C=C\Sc2ccccn2)cc1. The van der Waals surface area contributed by atoms with Gasteiger partial charge in [-0.05, 0) is 47.9 Å². The molecule has 0 bridgehead atoms. The summed E-state index contributed by atoms with van der Waals surface area (Å²) in [5, 5.41) is 2.61. The van der Waals surface area contributed by atoms with E-state index in [9.17, 15) is 4.79 Å². The minimum atomic E-state index is -0.0360. The summed E-state index contributed by atoms with van der Waals surface area (Å²) in [6.45, 7) is 0. The van der Waals surface area contributed by atoms with Crippen LogP contribution in [0.5, 0.6) is 5.75 Å². The molecule has 0 saturated heterocycles. The predicted octanol–water partition coefficient (Wildman–Crippen LogP) is 3.58. The molecule has 1 heterocycles. The number of aromatic nitrogens is 1. The maximum atomic E-state index is 11.9. The van der Waals surface area contributed by atoms with Gasteiger partial charge in [0.15, 0.2) is 5.78 Å². The number of pyridine rings is 1. The number of carbonyl (C=O) groups is 1. The second-order valence-corrected chi connectivity index (χ2v) is 4.61. The summed E-state index contributed by atoms with van der Waals surface area (Å²) in [7, 11) is 1.60. The van der Waals surface area contributed by atoms with Gasteiger partial charge in [-0.3, -0.25) is 4.79 Å². The molecule has 3 nitrogen and oxygen atoms in total. The zero-order valence-electron chi connectivity index (χ0n) is 10.4. The van der Waals surface area contributed by atoms with Crippen molar-refractivity contribution in [3.63, 3.8) is 0 Å². The van der Waals surface area contributed by atoms with E-state index < -0.39 is 0 Å². The number of nitrogens with zero attached hydrogens (tertiary/aromatic N) is 1.